The number of hydrogen-bond acceptors (Lipinski definition) is 3. The Morgan fingerprint density at radius 2 is 1.44 bits per heavy atom. The average molecular weight is 239 g/mol. The van der Waals surface area contributed by atoms with Crippen LogP contribution in [0.4, 0.5) is 0 Å². The molecule has 0 saturated heterocycles. The van der Waals surface area contributed by atoms with Crippen LogP contribution in [0.15, 0.2) is 36.4 Å². The topological polar surface area (TPSA) is 54.5 Å². The quantitative estimate of drug-likeness (QED) is 0.660. The van der Waals surface area contributed by atoms with Crippen LogP contribution >= 0.6 is 0 Å². The largest absolute Gasteiger partial charge is 0.274 e. The fourth-order valence-corrected chi connectivity index (χ4v) is 2.32. The van der Waals surface area contributed by atoms with Gasteiger partial charge in [0, 0.05) is 23.4 Å². The van der Waals surface area contributed by atoms with Crippen molar-refractivity contribution in [1.82, 2.24) is 4.90 Å². The zero-order valence-corrected chi connectivity index (χ0v) is 9.64. The van der Waals surface area contributed by atoms with E-state index >= 15 is 0 Å². The van der Waals surface area contributed by atoms with Crippen molar-refractivity contribution in [2.75, 3.05) is 0 Å². The first-order valence-corrected chi connectivity index (χ1v) is 5.52. The van der Waals surface area contributed by atoms with Gasteiger partial charge in [0.05, 0.1) is 0 Å². The number of nitrogens with zero attached hydrogens (tertiary/aromatic N) is 1. The van der Waals surface area contributed by atoms with E-state index in [4.69, 9.17) is 0 Å². The van der Waals surface area contributed by atoms with Gasteiger partial charge in [-0.05, 0) is 17.5 Å². The lowest BCUT2D eigenvalue weighted by atomic mass is 9.94. The Hall–Kier alpha value is -2.49. The molecule has 0 aliphatic carbocycles. The lowest BCUT2D eigenvalue weighted by molar-refractivity contribution is -0.124. The Morgan fingerprint density at radius 3 is 1.89 bits per heavy atom. The number of rotatable bonds is 0. The third-order valence-electron chi connectivity index (χ3n) is 3.09. The van der Waals surface area contributed by atoms with E-state index in [-0.39, 0.29) is 0 Å². The van der Waals surface area contributed by atoms with Crippen LogP contribution < -0.4 is 0 Å². The molecular weight excluding hydrogens is 230 g/mol. The number of hydrogen-bond donors (Lipinski definition) is 0. The van der Waals surface area contributed by atoms with Crippen molar-refractivity contribution < 1.29 is 14.4 Å². The van der Waals surface area contributed by atoms with Gasteiger partial charge in [0.2, 0.25) is 5.91 Å². The molecule has 0 fully saturated rings. The molecule has 4 heteroatoms. The maximum atomic E-state index is 12.1. The number of carbonyl (C=O) groups excluding carboxylic acids is 3. The van der Waals surface area contributed by atoms with E-state index in [0.717, 1.165) is 5.39 Å². The Kier molecular flexibility index (Phi) is 2.07. The van der Waals surface area contributed by atoms with Gasteiger partial charge in [-0.3, -0.25) is 14.4 Å². The molecule has 0 unspecified atom stereocenters. The van der Waals surface area contributed by atoms with E-state index < -0.39 is 17.7 Å². The summed E-state index contributed by atoms with van der Waals surface area (Å²) in [6.45, 7) is 1.21. The van der Waals surface area contributed by atoms with E-state index in [1.54, 1.807) is 24.3 Å². The maximum absolute atomic E-state index is 12.1. The number of amides is 3. The number of benzene rings is 2. The third-order valence-corrected chi connectivity index (χ3v) is 3.09. The van der Waals surface area contributed by atoms with Crippen molar-refractivity contribution in [3.63, 3.8) is 0 Å². The first kappa shape index (κ1) is 10.7. The predicted octanol–water partition coefficient (Wildman–Crippen LogP) is 1.98. The molecule has 1 heterocycles. The molecule has 3 rings (SSSR count). The van der Waals surface area contributed by atoms with Crippen LogP contribution in [0.3, 0.4) is 0 Å². The summed E-state index contributed by atoms with van der Waals surface area (Å²) in [5, 5.41) is 1.46. The zero-order chi connectivity index (χ0) is 12.9. The highest BCUT2D eigenvalue weighted by atomic mass is 16.2. The van der Waals surface area contributed by atoms with E-state index in [9.17, 15) is 14.4 Å². The first-order chi connectivity index (χ1) is 8.61. The Balaban J connectivity index is 2.42. The first-order valence-electron chi connectivity index (χ1n) is 5.52. The van der Waals surface area contributed by atoms with Gasteiger partial charge in [-0.25, -0.2) is 4.90 Å². The van der Waals surface area contributed by atoms with Crippen LogP contribution in [0, 0.1) is 0 Å². The van der Waals surface area contributed by atoms with Gasteiger partial charge in [0.15, 0.2) is 0 Å². The summed E-state index contributed by atoms with van der Waals surface area (Å²) >= 11 is 0. The van der Waals surface area contributed by atoms with Gasteiger partial charge in [-0.2, -0.15) is 0 Å². The molecule has 0 radical (unpaired) electrons. The molecule has 0 saturated carbocycles. The fourth-order valence-electron chi connectivity index (χ4n) is 2.32. The number of carbonyl (C=O) groups is 3. The van der Waals surface area contributed by atoms with E-state index in [1.807, 2.05) is 12.1 Å². The summed E-state index contributed by atoms with van der Waals surface area (Å²) in [4.78, 5) is 36.4. The maximum Gasteiger partial charge on any atom is 0.268 e. The Bertz CT molecular complexity index is 667. The second-order valence-corrected chi connectivity index (χ2v) is 4.17. The molecule has 1 aliphatic heterocycles. The van der Waals surface area contributed by atoms with Crippen LogP contribution in [-0.4, -0.2) is 22.6 Å². The van der Waals surface area contributed by atoms with Crippen LogP contribution in [0.5, 0.6) is 0 Å². The number of imide groups is 3. The fraction of sp³-hybridized carbons (Fsp3) is 0.0714. The van der Waals surface area contributed by atoms with Crippen LogP contribution in [-0.2, 0) is 4.79 Å². The lowest BCUT2D eigenvalue weighted by Crippen LogP contribution is -2.43. The molecule has 4 nitrogen and oxygen atoms in total. The van der Waals surface area contributed by atoms with Crippen molar-refractivity contribution in [3.05, 3.63) is 47.5 Å². The van der Waals surface area contributed by atoms with Gasteiger partial charge >= 0.3 is 0 Å². The van der Waals surface area contributed by atoms with E-state index in [0.29, 0.717) is 21.4 Å². The molecule has 0 aromatic heterocycles. The summed E-state index contributed by atoms with van der Waals surface area (Å²) in [5.41, 5.74) is 0.802. The molecule has 0 N–H and O–H groups in total. The molecule has 3 amide bonds. The summed E-state index contributed by atoms with van der Waals surface area (Å²) < 4.78 is 0. The molecule has 0 atom stereocenters. The summed E-state index contributed by atoms with van der Waals surface area (Å²) in [5.74, 6) is -1.65. The molecular formula is C14H9NO3. The predicted molar refractivity (Wildman–Crippen MR) is 65.1 cm³/mol. The Labute approximate surface area is 103 Å². The molecule has 88 valence electrons. The summed E-state index contributed by atoms with van der Waals surface area (Å²) in [7, 11) is 0. The van der Waals surface area contributed by atoms with Gasteiger partial charge in [0.25, 0.3) is 11.8 Å². The highest BCUT2D eigenvalue weighted by molar-refractivity contribution is 6.30. The van der Waals surface area contributed by atoms with Crippen LogP contribution in [0.25, 0.3) is 10.8 Å². The van der Waals surface area contributed by atoms with Gasteiger partial charge in [0.1, 0.15) is 0 Å². The summed E-state index contributed by atoms with van der Waals surface area (Å²) in [6, 6.07) is 10.4. The second-order valence-electron chi connectivity index (χ2n) is 4.17. The minimum atomic E-state index is -0.559. The van der Waals surface area contributed by atoms with Gasteiger partial charge < -0.3 is 0 Å². The van der Waals surface area contributed by atoms with Crippen molar-refractivity contribution >= 4 is 28.5 Å². The molecule has 0 spiro atoms. The van der Waals surface area contributed by atoms with Crippen molar-refractivity contribution in [2.24, 2.45) is 0 Å². The van der Waals surface area contributed by atoms with Crippen molar-refractivity contribution in [2.45, 2.75) is 6.92 Å². The molecule has 0 bridgehead atoms. The van der Waals surface area contributed by atoms with E-state index in [2.05, 4.69) is 0 Å². The third kappa shape index (κ3) is 1.23. The molecule has 2 aromatic carbocycles. The van der Waals surface area contributed by atoms with Crippen molar-refractivity contribution in [3.8, 4) is 0 Å². The SMILES string of the molecule is CC(=O)N1C(=O)c2cccc3cccc(c23)C1=O. The zero-order valence-electron chi connectivity index (χ0n) is 9.64. The molecule has 18 heavy (non-hydrogen) atoms. The molecule has 1 aliphatic rings. The minimum absolute atomic E-state index is 0.401. The normalized spacial score (nSPS) is 14.2. The van der Waals surface area contributed by atoms with Gasteiger partial charge in [-0.15, -0.1) is 0 Å². The smallest absolute Gasteiger partial charge is 0.268 e. The molecule has 2 aromatic rings. The summed E-state index contributed by atoms with van der Waals surface area (Å²) in [6.07, 6.45) is 0. The average Bonchev–Trinajstić information content (AvgIpc) is 2.35. The Morgan fingerprint density at radius 1 is 0.944 bits per heavy atom. The second kappa shape index (κ2) is 3.50. The van der Waals surface area contributed by atoms with E-state index in [1.165, 1.54) is 6.92 Å². The standard InChI is InChI=1S/C14H9NO3/c1-8(16)15-13(17)10-6-2-4-9-5-3-7-11(12(9)10)14(15)18/h2-7H,1H3. The monoisotopic (exact) mass is 239 g/mol. The van der Waals surface area contributed by atoms with Gasteiger partial charge in [-0.1, -0.05) is 24.3 Å². The highest BCUT2D eigenvalue weighted by Crippen LogP contribution is 2.29. The van der Waals surface area contributed by atoms with Crippen molar-refractivity contribution in [1.29, 1.82) is 0 Å². The van der Waals surface area contributed by atoms with Crippen LogP contribution in [0.2, 0.25) is 0 Å². The highest BCUT2D eigenvalue weighted by Gasteiger charge is 2.34. The van der Waals surface area contributed by atoms with Crippen LogP contribution in [0.1, 0.15) is 27.6 Å². The lowest BCUT2D eigenvalue weighted by Gasteiger charge is -2.24. The minimum Gasteiger partial charge on any atom is -0.274 e.